The van der Waals surface area contributed by atoms with Crippen LogP contribution >= 0.6 is 0 Å². The number of anilines is 1. The molecule has 0 saturated heterocycles. The molecule has 0 amide bonds. The van der Waals surface area contributed by atoms with Crippen molar-refractivity contribution in [3.05, 3.63) is 18.3 Å². The van der Waals surface area contributed by atoms with Gasteiger partial charge in [0.25, 0.3) is 0 Å². The number of rotatable bonds is 2. The van der Waals surface area contributed by atoms with Crippen molar-refractivity contribution in [3.8, 4) is 5.75 Å². The fourth-order valence-electron chi connectivity index (χ4n) is 2.03. The van der Waals surface area contributed by atoms with Gasteiger partial charge in [-0.15, -0.1) is 0 Å². The first-order valence-corrected chi connectivity index (χ1v) is 5.63. The van der Waals surface area contributed by atoms with Gasteiger partial charge in [0.1, 0.15) is 0 Å². The van der Waals surface area contributed by atoms with Crippen LogP contribution < -0.4 is 10.5 Å². The van der Waals surface area contributed by atoms with Gasteiger partial charge in [-0.05, 0) is 43.7 Å². The van der Waals surface area contributed by atoms with Crippen LogP contribution in [0.1, 0.15) is 32.6 Å². The lowest BCUT2D eigenvalue weighted by molar-refractivity contribution is 0.136. The zero-order chi connectivity index (χ0) is 10.7. The van der Waals surface area contributed by atoms with Crippen molar-refractivity contribution < 1.29 is 4.74 Å². The fraction of sp³-hybridized carbons (Fsp3) is 0.583. The summed E-state index contributed by atoms with van der Waals surface area (Å²) in [6, 6.07) is 3.75. The highest BCUT2D eigenvalue weighted by molar-refractivity contribution is 5.44. The first kappa shape index (κ1) is 10.3. The lowest BCUT2D eigenvalue weighted by Gasteiger charge is -2.27. The van der Waals surface area contributed by atoms with E-state index in [1.54, 1.807) is 6.20 Å². The number of ether oxygens (including phenoxy) is 1. The van der Waals surface area contributed by atoms with Crippen molar-refractivity contribution in [1.82, 2.24) is 4.98 Å². The Hall–Kier alpha value is -1.25. The molecule has 1 fully saturated rings. The zero-order valence-corrected chi connectivity index (χ0v) is 9.15. The van der Waals surface area contributed by atoms with E-state index in [9.17, 15) is 0 Å². The molecule has 3 nitrogen and oxygen atoms in total. The van der Waals surface area contributed by atoms with Gasteiger partial charge in [0.15, 0.2) is 11.6 Å². The molecule has 1 heterocycles. The van der Waals surface area contributed by atoms with E-state index in [1.807, 2.05) is 12.1 Å². The molecular formula is C12H18N2O. The second kappa shape index (κ2) is 4.51. The standard InChI is InChI=1S/C12H18N2O/c1-9-4-6-10(7-5-9)15-11-3-2-8-14-12(11)13/h2-3,8-10H,4-7H2,1H3,(H2,13,14). The van der Waals surface area contributed by atoms with Gasteiger partial charge >= 0.3 is 0 Å². The molecule has 0 radical (unpaired) electrons. The summed E-state index contributed by atoms with van der Waals surface area (Å²) >= 11 is 0. The summed E-state index contributed by atoms with van der Waals surface area (Å²) in [6.45, 7) is 2.30. The second-order valence-corrected chi connectivity index (χ2v) is 4.39. The quantitative estimate of drug-likeness (QED) is 0.809. The number of aromatic nitrogens is 1. The fourth-order valence-corrected chi connectivity index (χ4v) is 2.03. The molecule has 1 aromatic heterocycles. The minimum Gasteiger partial charge on any atom is -0.487 e. The van der Waals surface area contributed by atoms with Crippen molar-refractivity contribution in [2.45, 2.75) is 38.7 Å². The normalized spacial score (nSPS) is 26.2. The van der Waals surface area contributed by atoms with Crippen molar-refractivity contribution >= 4 is 5.82 Å². The topological polar surface area (TPSA) is 48.1 Å². The maximum absolute atomic E-state index is 5.85. The van der Waals surface area contributed by atoms with Crippen molar-refractivity contribution in [2.75, 3.05) is 5.73 Å². The van der Waals surface area contributed by atoms with Crippen molar-refractivity contribution in [2.24, 2.45) is 5.92 Å². The highest BCUT2D eigenvalue weighted by atomic mass is 16.5. The van der Waals surface area contributed by atoms with E-state index in [-0.39, 0.29) is 0 Å². The Morgan fingerprint density at radius 3 is 2.73 bits per heavy atom. The Bertz CT molecular complexity index is 319. The molecule has 0 unspecified atom stereocenters. The summed E-state index contributed by atoms with van der Waals surface area (Å²) in [5.41, 5.74) is 5.73. The van der Waals surface area contributed by atoms with Crippen LogP contribution in [0.4, 0.5) is 5.82 Å². The van der Waals surface area contributed by atoms with Crippen LogP contribution in [0.25, 0.3) is 0 Å². The molecule has 2 rings (SSSR count). The molecule has 3 heteroatoms. The summed E-state index contributed by atoms with van der Waals surface area (Å²) in [7, 11) is 0. The molecule has 0 spiro atoms. The van der Waals surface area contributed by atoms with Gasteiger partial charge in [0.05, 0.1) is 6.10 Å². The maximum atomic E-state index is 5.85. The lowest BCUT2D eigenvalue weighted by Crippen LogP contribution is -2.23. The molecule has 0 aliphatic heterocycles. The Labute approximate surface area is 90.7 Å². The molecule has 2 N–H and O–H groups in total. The highest BCUT2D eigenvalue weighted by Gasteiger charge is 2.20. The van der Waals surface area contributed by atoms with Crippen molar-refractivity contribution in [1.29, 1.82) is 0 Å². The average Bonchev–Trinajstić information content (AvgIpc) is 2.25. The molecule has 1 aliphatic carbocycles. The highest BCUT2D eigenvalue weighted by Crippen LogP contribution is 2.28. The molecule has 0 aromatic carbocycles. The van der Waals surface area contributed by atoms with Gasteiger partial charge in [0, 0.05) is 6.20 Å². The van der Waals surface area contributed by atoms with E-state index in [1.165, 1.54) is 12.8 Å². The van der Waals surface area contributed by atoms with E-state index in [2.05, 4.69) is 11.9 Å². The smallest absolute Gasteiger partial charge is 0.166 e. The third kappa shape index (κ3) is 2.61. The van der Waals surface area contributed by atoms with Crippen molar-refractivity contribution in [3.63, 3.8) is 0 Å². The minimum absolute atomic E-state index is 0.327. The Morgan fingerprint density at radius 2 is 2.07 bits per heavy atom. The number of nitrogens with two attached hydrogens (primary N) is 1. The largest absolute Gasteiger partial charge is 0.487 e. The third-order valence-electron chi connectivity index (χ3n) is 3.06. The van der Waals surface area contributed by atoms with Crippen LogP contribution in [0.2, 0.25) is 0 Å². The van der Waals surface area contributed by atoms with Crippen LogP contribution in [-0.2, 0) is 0 Å². The number of nitrogens with zero attached hydrogens (tertiary/aromatic N) is 1. The lowest BCUT2D eigenvalue weighted by atomic mass is 9.89. The van der Waals surface area contributed by atoms with Gasteiger partial charge in [-0.25, -0.2) is 4.98 Å². The number of nitrogen functional groups attached to an aromatic ring is 1. The van der Waals surface area contributed by atoms with Gasteiger partial charge in [0.2, 0.25) is 0 Å². The molecule has 1 aromatic rings. The number of hydrogen-bond acceptors (Lipinski definition) is 3. The predicted molar refractivity (Wildman–Crippen MR) is 60.7 cm³/mol. The van der Waals surface area contributed by atoms with Crippen LogP contribution in [-0.4, -0.2) is 11.1 Å². The van der Waals surface area contributed by atoms with Gasteiger partial charge in [-0.3, -0.25) is 0 Å². The van der Waals surface area contributed by atoms with E-state index in [0.717, 1.165) is 24.5 Å². The molecule has 0 bridgehead atoms. The van der Waals surface area contributed by atoms with Crippen LogP contribution in [0.5, 0.6) is 5.75 Å². The Balaban J connectivity index is 1.95. The number of pyridine rings is 1. The van der Waals surface area contributed by atoms with E-state index < -0.39 is 0 Å². The summed E-state index contributed by atoms with van der Waals surface area (Å²) in [6.07, 6.45) is 6.79. The first-order valence-electron chi connectivity index (χ1n) is 5.63. The van der Waals surface area contributed by atoms with Gasteiger partial charge < -0.3 is 10.5 Å². The average molecular weight is 206 g/mol. The molecule has 1 aliphatic rings. The molecule has 1 saturated carbocycles. The first-order chi connectivity index (χ1) is 7.25. The van der Waals surface area contributed by atoms with E-state index in [0.29, 0.717) is 11.9 Å². The molecule has 0 atom stereocenters. The van der Waals surface area contributed by atoms with E-state index in [4.69, 9.17) is 10.5 Å². The maximum Gasteiger partial charge on any atom is 0.166 e. The third-order valence-corrected chi connectivity index (χ3v) is 3.06. The zero-order valence-electron chi connectivity index (χ0n) is 9.15. The van der Waals surface area contributed by atoms with Crippen LogP contribution in [0, 0.1) is 5.92 Å². The summed E-state index contributed by atoms with van der Waals surface area (Å²) < 4.78 is 5.85. The summed E-state index contributed by atoms with van der Waals surface area (Å²) in [5, 5.41) is 0. The summed E-state index contributed by atoms with van der Waals surface area (Å²) in [4.78, 5) is 4.01. The predicted octanol–water partition coefficient (Wildman–Crippen LogP) is 2.62. The monoisotopic (exact) mass is 206 g/mol. The summed E-state index contributed by atoms with van der Waals surface area (Å²) in [5.74, 6) is 2.07. The number of hydrogen-bond donors (Lipinski definition) is 1. The Morgan fingerprint density at radius 1 is 1.33 bits per heavy atom. The molecular weight excluding hydrogens is 188 g/mol. The van der Waals surface area contributed by atoms with Gasteiger partial charge in [-0.2, -0.15) is 0 Å². The second-order valence-electron chi connectivity index (χ2n) is 4.39. The molecule has 82 valence electrons. The molecule has 15 heavy (non-hydrogen) atoms. The SMILES string of the molecule is CC1CCC(Oc2cccnc2N)CC1. The van der Waals surface area contributed by atoms with Crippen LogP contribution in [0.3, 0.4) is 0 Å². The Kier molecular flexibility index (Phi) is 3.09. The van der Waals surface area contributed by atoms with Crippen LogP contribution in [0.15, 0.2) is 18.3 Å². The van der Waals surface area contributed by atoms with Gasteiger partial charge in [-0.1, -0.05) is 6.92 Å². The minimum atomic E-state index is 0.327. The van der Waals surface area contributed by atoms with E-state index >= 15 is 0 Å².